The van der Waals surface area contributed by atoms with Crippen LogP contribution in [0.1, 0.15) is 30.1 Å². The molecule has 2 aromatic carbocycles. The Morgan fingerprint density at radius 1 is 1.15 bits per heavy atom. The first kappa shape index (κ1) is 17.4. The van der Waals surface area contributed by atoms with Gasteiger partial charge in [-0.3, -0.25) is 9.79 Å². The monoisotopic (exact) mass is 361 g/mol. The van der Waals surface area contributed by atoms with Crippen LogP contribution in [-0.4, -0.2) is 36.3 Å². The molecular formula is C21H23N5O. The van der Waals surface area contributed by atoms with Gasteiger partial charge in [0.1, 0.15) is 5.82 Å². The summed E-state index contributed by atoms with van der Waals surface area (Å²) in [5.74, 6) is 1.10. The summed E-state index contributed by atoms with van der Waals surface area (Å²) in [6, 6.07) is 11.6. The minimum atomic E-state index is -0.0730. The van der Waals surface area contributed by atoms with Crippen LogP contribution in [0.5, 0.6) is 0 Å². The second kappa shape index (κ2) is 7.32. The molecule has 0 aliphatic carbocycles. The van der Waals surface area contributed by atoms with Gasteiger partial charge in [-0.25, -0.2) is 4.98 Å². The number of benzene rings is 2. The highest BCUT2D eigenvalue weighted by Crippen LogP contribution is 2.27. The first-order chi connectivity index (χ1) is 13.2. The number of nitrogens with two attached hydrogens (primary N) is 1. The predicted molar refractivity (Wildman–Crippen MR) is 111 cm³/mol. The average Bonchev–Trinajstić information content (AvgIpc) is 2.70. The molecular weight excluding hydrogens is 338 g/mol. The van der Waals surface area contributed by atoms with E-state index in [1.165, 1.54) is 0 Å². The summed E-state index contributed by atoms with van der Waals surface area (Å²) in [4.78, 5) is 24.4. The Labute approximate surface area is 157 Å². The van der Waals surface area contributed by atoms with Gasteiger partial charge in [-0.05, 0) is 61.3 Å². The average molecular weight is 361 g/mol. The molecule has 0 atom stereocenters. The third-order valence-electron chi connectivity index (χ3n) is 5.14. The normalized spacial score (nSPS) is 15.6. The summed E-state index contributed by atoms with van der Waals surface area (Å²) in [7, 11) is 1.72. The van der Waals surface area contributed by atoms with Gasteiger partial charge in [0.2, 0.25) is 0 Å². The molecule has 0 spiro atoms. The Balaban J connectivity index is 1.79. The van der Waals surface area contributed by atoms with E-state index in [4.69, 9.17) is 10.7 Å². The molecule has 0 bridgehead atoms. The van der Waals surface area contributed by atoms with Crippen LogP contribution in [-0.2, 0) is 0 Å². The molecule has 0 unspecified atom stereocenters. The number of fused-ring (bicyclic) bond motifs is 1. The van der Waals surface area contributed by atoms with Gasteiger partial charge in [0.25, 0.3) is 5.56 Å². The van der Waals surface area contributed by atoms with Crippen molar-refractivity contribution in [3.8, 4) is 11.1 Å². The fourth-order valence-corrected chi connectivity index (χ4v) is 3.63. The molecule has 6 nitrogen and oxygen atoms in total. The Hall–Kier alpha value is -2.99. The maximum Gasteiger partial charge on any atom is 0.258 e. The molecule has 6 heteroatoms. The van der Waals surface area contributed by atoms with Crippen molar-refractivity contribution in [3.63, 3.8) is 0 Å². The van der Waals surface area contributed by atoms with Crippen LogP contribution in [0.3, 0.4) is 0 Å². The first-order valence-corrected chi connectivity index (χ1v) is 9.22. The highest BCUT2D eigenvalue weighted by Gasteiger charge is 2.18. The van der Waals surface area contributed by atoms with Gasteiger partial charge in [-0.15, -0.1) is 0 Å². The molecule has 27 heavy (non-hydrogen) atoms. The Kier molecular flexibility index (Phi) is 4.73. The van der Waals surface area contributed by atoms with E-state index in [2.05, 4.69) is 15.3 Å². The Bertz CT molecular complexity index is 1060. The second-order valence-corrected chi connectivity index (χ2v) is 6.94. The van der Waals surface area contributed by atoms with Crippen molar-refractivity contribution in [3.05, 3.63) is 58.1 Å². The standard InChI is InChI=1S/C21H23N5O/c1-23-12-16-10-14(3-5-18(16)22)15-2-4-17-19(11-15)25-20(26-21(17)27)13-6-8-24-9-7-13/h2-5,10-13,24H,6-9,22H2,1H3,(H,25,26,27). The Morgan fingerprint density at radius 2 is 1.89 bits per heavy atom. The number of H-pyrrole nitrogens is 1. The SMILES string of the molecule is CN=Cc1cc(-c2ccc3c(=O)[nH]c(C4CCNCC4)nc3c2)ccc1N. The van der Waals surface area contributed by atoms with Crippen molar-refractivity contribution in [2.24, 2.45) is 4.99 Å². The zero-order chi connectivity index (χ0) is 18.8. The molecule has 1 fully saturated rings. The summed E-state index contributed by atoms with van der Waals surface area (Å²) in [5, 5.41) is 3.96. The third-order valence-corrected chi connectivity index (χ3v) is 5.14. The number of nitrogens with one attached hydrogen (secondary N) is 2. The summed E-state index contributed by atoms with van der Waals surface area (Å²) in [5.41, 5.74) is 10.3. The van der Waals surface area contributed by atoms with E-state index < -0.39 is 0 Å². The number of nitrogen functional groups attached to an aromatic ring is 1. The van der Waals surface area contributed by atoms with E-state index in [1.807, 2.05) is 36.4 Å². The number of piperidine rings is 1. The minimum absolute atomic E-state index is 0.0730. The third kappa shape index (κ3) is 3.48. The first-order valence-electron chi connectivity index (χ1n) is 9.22. The van der Waals surface area contributed by atoms with Crippen molar-refractivity contribution in [1.82, 2.24) is 15.3 Å². The molecule has 4 N–H and O–H groups in total. The summed E-state index contributed by atoms with van der Waals surface area (Å²) in [6.45, 7) is 1.92. The van der Waals surface area contributed by atoms with Gasteiger partial charge >= 0.3 is 0 Å². The van der Waals surface area contributed by atoms with Gasteiger partial charge in [-0.2, -0.15) is 0 Å². The largest absolute Gasteiger partial charge is 0.398 e. The number of nitrogens with zero attached hydrogens (tertiary/aromatic N) is 2. The van der Waals surface area contributed by atoms with Gasteiger partial charge in [0.05, 0.1) is 10.9 Å². The molecule has 4 rings (SSSR count). The van der Waals surface area contributed by atoms with Crippen LogP contribution in [0.4, 0.5) is 5.69 Å². The van der Waals surface area contributed by atoms with Crippen molar-refractivity contribution in [1.29, 1.82) is 0 Å². The fraction of sp³-hybridized carbons (Fsp3) is 0.286. The molecule has 3 aromatic rings. The molecule has 1 aromatic heterocycles. The minimum Gasteiger partial charge on any atom is -0.398 e. The van der Waals surface area contributed by atoms with Crippen molar-refractivity contribution < 1.29 is 0 Å². The summed E-state index contributed by atoms with van der Waals surface area (Å²) in [6.07, 6.45) is 3.73. The molecule has 0 radical (unpaired) electrons. The second-order valence-electron chi connectivity index (χ2n) is 6.94. The van der Waals surface area contributed by atoms with Crippen LogP contribution in [0.2, 0.25) is 0 Å². The number of rotatable bonds is 3. The maximum absolute atomic E-state index is 12.5. The predicted octanol–water partition coefficient (Wildman–Crippen LogP) is 2.69. The molecule has 1 saturated heterocycles. The lowest BCUT2D eigenvalue weighted by Crippen LogP contribution is -2.28. The Morgan fingerprint density at radius 3 is 2.67 bits per heavy atom. The van der Waals surface area contributed by atoms with E-state index in [0.29, 0.717) is 17.0 Å². The highest BCUT2D eigenvalue weighted by molar-refractivity contribution is 5.90. The van der Waals surface area contributed by atoms with E-state index >= 15 is 0 Å². The lowest BCUT2D eigenvalue weighted by Gasteiger charge is -2.21. The molecule has 0 saturated carbocycles. The van der Waals surface area contributed by atoms with Gasteiger partial charge in [-0.1, -0.05) is 12.1 Å². The number of aliphatic imine (C=N–C) groups is 1. The number of aromatic nitrogens is 2. The molecule has 0 amide bonds. The highest BCUT2D eigenvalue weighted by atomic mass is 16.1. The lowest BCUT2D eigenvalue weighted by atomic mass is 9.97. The fourth-order valence-electron chi connectivity index (χ4n) is 3.63. The van der Waals surface area contributed by atoms with Gasteiger partial charge < -0.3 is 16.0 Å². The number of anilines is 1. The topological polar surface area (TPSA) is 96.2 Å². The lowest BCUT2D eigenvalue weighted by molar-refractivity contribution is 0.445. The summed E-state index contributed by atoms with van der Waals surface area (Å²) < 4.78 is 0. The van der Waals surface area contributed by atoms with E-state index in [9.17, 15) is 4.79 Å². The smallest absolute Gasteiger partial charge is 0.258 e. The van der Waals surface area contributed by atoms with Gasteiger partial charge in [0.15, 0.2) is 0 Å². The summed E-state index contributed by atoms with van der Waals surface area (Å²) >= 11 is 0. The van der Waals surface area contributed by atoms with Crippen molar-refractivity contribution >= 4 is 22.8 Å². The molecule has 138 valence electrons. The van der Waals surface area contributed by atoms with E-state index in [0.717, 1.165) is 54.0 Å². The van der Waals surface area contributed by atoms with Gasteiger partial charge in [0, 0.05) is 30.4 Å². The van der Waals surface area contributed by atoms with Crippen LogP contribution in [0, 0.1) is 0 Å². The maximum atomic E-state index is 12.5. The van der Waals surface area contributed by atoms with Crippen molar-refractivity contribution in [2.75, 3.05) is 25.9 Å². The van der Waals surface area contributed by atoms with Crippen LogP contribution in [0.15, 0.2) is 46.2 Å². The molecule has 2 heterocycles. The van der Waals surface area contributed by atoms with Crippen LogP contribution >= 0.6 is 0 Å². The quantitative estimate of drug-likeness (QED) is 0.494. The number of hydrogen-bond donors (Lipinski definition) is 3. The van der Waals surface area contributed by atoms with E-state index in [-0.39, 0.29) is 5.56 Å². The number of hydrogen-bond acceptors (Lipinski definition) is 5. The molecule has 1 aliphatic heterocycles. The van der Waals surface area contributed by atoms with Crippen LogP contribution in [0.25, 0.3) is 22.0 Å². The van der Waals surface area contributed by atoms with E-state index in [1.54, 1.807) is 13.3 Å². The number of aromatic amines is 1. The zero-order valence-electron chi connectivity index (χ0n) is 15.3. The van der Waals surface area contributed by atoms with Crippen molar-refractivity contribution in [2.45, 2.75) is 18.8 Å². The molecule has 1 aliphatic rings. The zero-order valence-corrected chi connectivity index (χ0v) is 15.3. The van der Waals surface area contributed by atoms with Crippen LogP contribution < -0.4 is 16.6 Å².